The summed E-state index contributed by atoms with van der Waals surface area (Å²) >= 11 is 0. The lowest BCUT2D eigenvalue weighted by molar-refractivity contribution is -0.133. The van der Waals surface area contributed by atoms with Gasteiger partial charge in [-0.05, 0) is 61.1 Å². The first-order valence-corrected chi connectivity index (χ1v) is 13.3. The number of hydrogen-bond donors (Lipinski definition) is 7. The molecule has 12 N–H and O–H groups in total. The number of nitrogens with one attached hydrogen (secondary N) is 1. The molecule has 0 unspecified atom stereocenters. The number of nitrogens with zero attached hydrogens (tertiary/aromatic N) is 1. The van der Waals surface area contributed by atoms with E-state index in [1.165, 1.54) is 0 Å². The van der Waals surface area contributed by atoms with E-state index in [0.29, 0.717) is 0 Å². The van der Waals surface area contributed by atoms with Crippen molar-refractivity contribution in [1.29, 1.82) is 0 Å². The molecule has 0 saturated heterocycles. The van der Waals surface area contributed by atoms with Crippen LogP contribution in [0.4, 0.5) is 0 Å². The number of nitrogens with two attached hydrogens (primary N) is 5. The Hall–Kier alpha value is -4.29. The van der Waals surface area contributed by atoms with Gasteiger partial charge in [0.05, 0.1) is 18.6 Å². The molecule has 0 aromatic heterocycles. The summed E-state index contributed by atoms with van der Waals surface area (Å²) in [4.78, 5) is 55.5. The Balaban J connectivity index is 2.25. The zero-order valence-corrected chi connectivity index (χ0v) is 23.5. The summed E-state index contributed by atoms with van der Waals surface area (Å²) in [6.45, 7) is 3.20. The Morgan fingerprint density at radius 2 is 1.49 bits per heavy atom. The van der Waals surface area contributed by atoms with E-state index in [2.05, 4.69) is 10.3 Å². The molecule has 12 nitrogen and oxygen atoms in total. The highest BCUT2D eigenvalue weighted by Gasteiger charge is 2.31. The van der Waals surface area contributed by atoms with Crippen LogP contribution in [0, 0.1) is 25.7 Å². The van der Waals surface area contributed by atoms with Crippen LogP contribution in [0.2, 0.25) is 0 Å². The molecule has 0 heterocycles. The summed E-state index contributed by atoms with van der Waals surface area (Å²) in [5.74, 6) is -3.97. The number of hydrogen-bond acceptors (Lipinski definition) is 8. The fourth-order valence-corrected chi connectivity index (χ4v) is 4.61. The van der Waals surface area contributed by atoms with Crippen LogP contribution in [-0.2, 0) is 32.0 Å². The maximum atomic E-state index is 13.5. The van der Waals surface area contributed by atoms with E-state index in [-0.39, 0.29) is 50.5 Å². The molecule has 2 amide bonds. The minimum absolute atomic E-state index is 0.0772. The van der Waals surface area contributed by atoms with Gasteiger partial charge in [-0.15, -0.1) is 0 Å². The quantitative estimate of drug-likeness (QED) is 0.102. The number of aryl methyl sites for hydroxylation is 2. The lowest BCUT2D eigenvalue weighted by atomic mass is 9.87. The van der Waals surface area contributed by atoms with E-state index >= 15 is 0 Å². The van der Waals surface area contributed by atoms with Crippen molar-refractivity contribution in [2.45, 2.75) is 51.6 Å². The van der Waals surface area contributed by atoms with E-state index < -0.39 is 47.3 Å². The van der Waals surface area contributed by atoms with Gasteiger partial charge in [0.1, 0.15) is 5.75 Å². The molecule has 41 heavy (non-hydrogen) atoms. The fraction of sp³-hybridized carbons (Fsp3) is 0.414. The Labute approximate surface area is 239 Å². The zero-order valence-electron chi connectivity index (χ0n) is 23.5. The number of rotatable bonds is 16. The van der Waals surface area contributed by atoms with Crippen molar-refractivity contribution in [3.05, 3.63) is 64.7 Å². The molecule has 0 bridgehead atoms. The highest BCUT2D eigenvalue weighted by molar-refractivity contribution is 5.95. The van der Waals surface area contributed by atoms with Gasteiger partial charge < -0.3 is 39.1 Å². The summed E-state index contributed by atoms with van der Waals surface area (Å²) in [6.07, 6.45) is -0.0724. The van der Waals surface area contributed by atoms with Gasteiger partial charge in [-0.3, -0.25) is 24.2 Å². The van der Waals surface area contributed by atoms with Crippen LogP contribution < -0.4 is 34.0 Å². The van der Waals surface area contributed by atoms with E-state index in [1.807, 2.05) is 30.3 Å². The van der Waals surface area contributed by atoms with Gasteiger partial charge in [-0.25, -0.2) is 0 Å². The number of ketones is 2. The highest BCUT2D eigenvalue weighted by atomic mass is 16.3. The maximum absolute atomic E-state index is 13.5. The summed E-state index contributed by atoms with van der Waals surface area (Å²) in [5.41, 5.74) is 31.1. The average molecular weight is 568 g/mol. The first kappa shape index (κ1) is 32.9. The number of benzene rings is 2. The van der Waals surface area contributed by atoms with Crippen LogP contribution in [0.1, 0.15) is 35.1 Å². The Bertz CT molecular complexity index is 1240. The number of phenols is 1. The van der Waals surface area contributed by atoms with E-state index in [4.69, 9.17) is 28.7 Å². The largest absolute Gasteiger partial charge is 0.508 e. The second-order valence-corrected chi connectivity index (χ2v) is 10.3. The van der Waals surface area contributed by atoms with E-state index in [1.54, 1.807) is 26.0 Å². The van der Waals surface area contributed by atoms with Crippen molar-refractivity contribution in [1.82, 2.24) is 5.32 Å². The summed E-state index contributed by atoms with van der Waals surface area (Å²) < 4.78 is 0. The van der Waals surface area contributed by atoms with E-state index in [9.17, 15) is 24.3 Å². The number of Topliss-reactive ketones (excluding diaryl/α,β-unsaturated/α-hetero) is 2. The molecule has 0 aliphatic carbocycles. The molecule has 2 rings (SSSR count). The lowest BCUT2D eigenvalue weighted by Gasteiger charge is -2.24. The third-order valence-corrected chi connectivity index (χ3v) is 6.95. The molecule has 0 fully saturated rings. The van der Waals surface area contributed by atoms with Gasteiger partial charge in [0.15, 0.2) is 17.5 Å². The SMILES string of the molecule is Cc1cc(O)cc(C)c1C[C@H](CC(=O)[C@H](N)CN=C(N)N)C(=O)N[C@@H](CN)C(=O)C[C@@H](Cc1ccccc1)C(N)=O. The summed E-state index contributed by atoms with van der Waals surface area (Å²) in [7, 11) is 0. The average Bonchev–Trinajstić information content (AvgIpc) is 2.91. The van der Waals surface area contributed by atoms with E-state index in [0.717, 1.165) is 22.3 Å². The number of guanidine groups is 1. The lowest BCUT2D eigenvalue weighted by Crippen LogP contribution is -2.50. The predicted molar refractivity (Wildman–Crippen MR) is 156 cm³/mol. The Kier molecular flexibility index (Phi) is 12.4. The second kappa shape index (κ2) is 15.5. The Morgan fingerprint density at radius 1 is 0.902 bits per heavy atom. The maximum Gasteiger partial charge on any atom is 0.224 e. The topological polar surface area (TPSA) is 243 Å². The fourth-order valence-electron chi connectivity index (χ4n) is 4.61. The summed E-state index contributed by atoms with van der Waals surface area (Å²) in [5, 5.41) is 12.6. The van der Waals surface area contributed by atoms with Crippen molar-refractivity contribution in [2.75, 3.05) is 13.1 Å². The molecule has 0 radical (unpaired) electrons. The molecule has 0 spiro atoms. The molecule has 222 valence electrons. The van der Waals surface area contributed by atoms with Crippen LogP contribution in [-0.4, -0.2) is 59.6 Å². The molecular formula is C29H41N7O5. The molecule has 0 aliphatic rings. The van der Waals surface area contributed by atoms with Gasteiger partial charge in [0.2, 0.25) is 11.8 Å². The first-order chi connectivity index (χ1) is 19.3. The van der Waals surface area contributed by atoms with Gasteiger partial charge in [-0.1, -0.05) is 30.3 Å². The number of aliphatic imine (C=N–C) groups is 1. The monoisotopic (exact) mass is 567 g/mol. The van der Waals surface area contributed by atoms with Crippen molar-refractivity contribution in [2.24, 2.45) is 45.5 Å². The second-order valence-electron chi connectivity index (χ2n) is 10.3. The summed E-state index contributed by atoms with van der Waals surface area (Å²) in [6, 6.07) is 10.1. The smallest absolute Gasteiger partial charge is 0.224 e. The Morgan fingerprint density at radius 3 is 2.02 bits per heavy atom. The van der Waals surface area contributed by atoms with Crippen molar-refractivity contribution >= 4 is 29.3 Å². The molecule has 4 atom stereocenters. The third kappa shape index (κ3) is 10.3. The van der Waals surface area contributed by atoms with Crippen LogP contribution in [0.3, 0.4) is 0 Å². The number of carbonyl (C=O) groups is 4. The number of carbonyl (C=O) groups excluding carboxylic acids is 4. The van der Waals surface area contributed by atoms with Gasteiger partial charge in [0, 0.05) is 31.2 Å². The minimum atomic E-state index is -1.10. The molecule has 2 aromatic rings. The third-order valence-electron chi connectivity index (χ3n) is 6.95. The number of aromatic hydroxyl groups is 1. The molecule has 2 aromatic carbocycles. The van der Waals surface area contributed by atoms with Gasteiger partial charge in [0.25, 0.3) is 0 Å². The minimum Gasteiger partial charge on any atom is -0.508 e. The normalized spacial score (nSPS) is 13.9. The van der Waals surface area contributed by atoms with Crippen LogP contribution in [0.25, 0.3) is 0 Å². The molecular weight excluding hydrogens is 526 g/mol. The molecule has 0 saturated carbocycles. The van der Waals surface area contributed by atoms with Crippen molar-refractivity contribution in [3.63, 3.8) is 0 Å². The van der Waals surface area contributed by atoms with Crippen LogP contribution in [0.5, 0.6) is 5.75 Å². The highest BCUT2D eigenvalue weighted by Crippen LogP contribution is 2.25. The van der Waals surface area contributed by atoms with Crippen LogP contribution in [0.15, 0.2) is 47.5 Å². The molecule has 0 aliphatic heterocycles. The first-order valence-electron chi connectivity index (χ1n) is 13.3. The number of amides is 2. The number of primary amides is 1. The predicted octanol–water partition coefficient (Wildman–Crippen LogP) is -0.525. The molecule has 12 heteroatoms. The zero-order chi connectivity index (χ0) is 30.7. The standard InChI is InChI=1S/C29H41N7O5/c1-16-8-21(37)9-17(2)22(16)11-20(13-25(38)23(31)15-35-29(33)34)28(41)36-24(14-30)26(39)12-19(27(32)40)10-18-6-4-3-5-7-18/h3-9,19-20,23-24,37H,10-15,30-31H2,1-2H3,(H2,32,40)(H,36,41)(H4,33,34,35)/t19-,20-,23-,24+/m1/s1. The number of phenolic OH excluding ortho intramolecular Hbond substituents is 1. The van der Waals surface area contributed by atoms with Gasteiger partial charge >= 0.3 is 0 Å². The van der Waals surface area contributed by atoms with Gasteiger partial charge in [-0.2, -0.15) is 0 Å². The van der Waals surface area contributed by atoms with Crippen LogP contribution >= 0.6 is 0 Å². The van der Waals surface area contributed by atoms with Crippen molar-refractivity contribution < 1.29 is 24.3 Å². The van der Waals surface area contributed by atoms with Crippen molar-refractivity contribution in [3.8, 4) is 5.75 Å².